The normalized spacial score (nSPS) is 11.7. The van der Waals surface area contributed by atoms with Crippen LogP contribution in [0.4, 0.5) is 13.2 Å². The van der Waals surface area contributed by atoms with Gasteiger partial charge in [-0.3, -0.25) is 9.59 Å². The van der Waals surface area contributed by atoms with Crippen LogP contribution in [0.3, 0.4) is 0 Å². The minimum Gasteiger partial charge on any atom is -0.483 e. The van der Waals surface area contributed by atoms with Crippen LogP contribution in [0.25, 0.3) is 0 Å². The predicted molar refractivity (Wildman–Crippen MR) is 112 cm³/mol. The molecule has 0 fully saturated rings. The Kier molecular flexibility index (Phi) is 7.70. The maximum Gasteiger partial charge on any atom is 0.417 e. The Morgan fingerprint density at radius 1 is 0.935 bits per heavy atom. The van der Waals surface area contributed by atoms with Gasteiger partial charge in [0.25, 0.3) is 11.8 Å². The second-order valence-corrected chi connectivity index (χ2v) is 8.19. The van der Waals surface area contributed by atoms with E-state index in [4.69, 9.17) is 4.74 Å². The number of carbonyl (C=O) groups is 2. The first-order valence-corrected chi connectivity index (χ1v) is 9.84. The Balaban J connectivity index is 1.83. The molecule has 168 valence electrons. The number of carbonyl (C=O) groups excluding carboxylic acids is 2. The van der Waals surface area contributed by atoms with Gasteiger partial charge in [-0.25, -0.2) is 0 Å². The van der Waals surface area contributed by atoms with Crippen molar-refractivity contribution >= 4 is 11.8 Å². The monoisotopic (exact) mass is 436 g/mol. The van der Waals surface area contributed by atoms with Gasteiger partial charge in [-0.05, 0) is 36.1 Å². The largest absolute Gasteiger partial charge is 0.483 e. The molecule has 0 heterocycles. The van der Waals surface area contributed by atoms with Crippen molar-refractivity contribution in [1.29, 1.82) is 0 Å². The Hall–Kier alpha value is -3.03. The van der Waals surface area contributed by atoms with Gasteiger partial charge in [-0.1, -0.05) is 50.6 Å². The summed E-state index contributed by atoms with van der Waals surface area (Å²) in [4.78, 5) is 24.1. The Labute approximate surface area is 180 Å². The minimum atomic E-state index is -4.62. The predicted octanol–water partition coefficient (Wildman–Crippen LogP) is 4.24. The number of nitrogens with one attached hydrogen (secondary N) is 2. The zero-order chi connectivity index (χ0) is 23.2. The van der Waals surface area contributed by atoms with Crippen molar-refractivity contribution in [2.45, 2.75) is 39.3 Å². The van der Waals surface area contributed by atoms with Gasteiger partial charge in [-0.2, -0.15) is 13.2 Å². The SMILES string of the molecule is Cc1ccc(OCC(=O)NCCNC(=O)c2ccccc2C(F)(F)F)c(C(C)(C)C)c1. The number of alkyl halides is 3. The van der Waals surface area contributed by atoms with Crippen molar-refractivity contribution < 1.29 is 27.5 Å². The van der Waals surface area contributed by atoms with E-state index in [1.165, 1.54) is 12.1 Å². The van der Waals surface area contributed by atoms with Crippen LogP contribution in [0, 0.1) is 6.92 Å². The van der Waals surface area contributed by atoms with Crippen LogP contribution in [0.1, 0.15) is 47.8 Å². The van der Waals surface area contributed by atoms with Crippen molar-refractivity contribution in [2.24, 2.45) is 0 Å². The molecule has 0 atom stereocenters. The number of halogens is 3. The van der Waals surface area contributed by atoms with Gasteiger partial charge < -0.3 is 15.4 Å². The molecule has 0 aliphatic carbocycles. The lowest BCUT2D eigenvalue weighted by atomic mass is 9.85. The van der Waals surface area contributed by atoms with Crippen LogP contribution < -0.4 is 15.4 Å². The third-order valence-electron chi connectivity index (χ3n) is 4.51. The van der Waals surface area contributed by atoms with Crippen LogP contribution >= 0.6 is 0 Å². The second-order valence-electron chi connectivity index (χ2n) is 8.19. The molecule has 0 saturated carbocycles. The fourth-order valence-corrected chi connectivity index (χ4v) is 2.95. The average molecular weight is 436 g/mol. The number of rotatable bonds is 7. The molecular weight excluding hydrogens is 409 g/mol. The Morgan fingerprint density at radius 3 is 2.23 bits per heavy atom. The van der Waals surface area contributed by atoms with E-state index < -0.39 is 29.1 Å². The molecule has 0 radical (unpaired) electrons. The van der Waals surface area contributed by atoms with Crippen LogP contribution in [0.5, 0.6) is 5.75 Å². The van der Waals surface area contributed by atoms with Gasteiger partial charge in [0, 0.05) is 13.1 Å². The molecule has 31 heavy (non-hydrogen) atoms. The second kappa shape index (κ2) is 9.85. The molecule has 0 spiro atoms. The number of ether oxygens (including phenoxy) is 1. The van der Waals surface area contributed by atoms with Crippen LogP contribution in [-0.4, -0.2) is 31.5 Å². The van der Waals surface area contributed by atoms with Crippen molar-refractivity contribution in [2.75, 3.05) is 19.7 Å². The Morgan fingerprint density at radius 2 is 1.58 bits per heavy atom. The standard InChI is InChI=1S/C23H27F3N2O3/c1-15-9-10-19(18(13-15)22(2,3)4)31-14-20(29)27-11-12-28-21(30)16-7-5-6-8-17(16)23(24,25)26/h5-10,13H,11-12,14H2,1-4H3,(H,27,29)(H,28,30). The number of amides is 2. The number of hydrogen-bond acceptors (Lipinski definition) is 3. The van der Waals surface area contributed by atoms with Crippen LogP contribution in [0.2, 0.25) is 0 Å². The van der Waals surface area contributed by atoms with E-state index in [9.17, 15) is 22.8 Å². The molecule has 0 bridgehead atoms. The first-order chi connectivity index (χ1) is 14.4. The maximum absolute atomic E-state index is 13.0. The van der Waals surface area contributed by atoms with E-state index in [0.717, 1.165) is 23.3 Å². The summed E-state index contributed by atoms with van der Waals surface area (Å²) in [5.74, 6) is -0.636. The van der Waals surface area contributed by atoms with Crippen LogP contribution in [-0.2, 0) is 16.4 Å². The van der Waals surface area contributed by atoms with E-state index in [0.29, 0.717) is 5.75 Å². The Bertz CT molecular complexity index is 934. The third-order valence-corrected chi connectivity index (χ3v) is 4.51. The van der Waals surface area contributed by atoms with Crippen LogP contribution in [0.15, 0.2) is 42.5 Å². The van der Waals surface area contributed by atoms with E-state index in [2.05, 4.69) is 10.6 Å². The zero-order valence-corrected chi connectivity index (χ0v) is 18.0. The lowest BCUT2D eigenvalue weighted by Gasteiger charge is -2.23. The molecule has 2 amide bonds. The highest BCUT2D eigenvalue weighted by Gasteiger charge is 2.34. The summed E-state index contributed by atoms with van der Waals surface area (Å²) >= 11 is 0. The number of benzene rings is 2. The summed E-state index contributed by atoms with van der Waals surface area (Å²) < 4.78 is 44.7. The minimum absolute atomic E-state index is 0.0193. The fraction of sp³-hybridized carbons (Fsp3) is 0.391. The molecule has 8 heteroatoms. The summed E-state index contributed by atoms with van der Waals surface area (Å²) in [5, 5.41) is 4.95. The van der Waals surface area contributed by atoms with Gasteiger partial charge in [0.2, 0.25) is 0 Å². The molecule has 2 aromatic rings. The zero-order valence-electron chi connectivity index (χ0n) is 18.0. The lowest BCUT2D eigenvalue weighted by molar-refractivity contribution is -0.138. The summed E-state index contributed by atoms with van der Waals surface area (Å²) in [6.07, 6.45) is -4.62. The van der Waals surface area contributed by atoms with E-state index in [-0.39, 0.29) is 25.1 Å². The molecule has 2 rings (SSSR count). The lowest BCUT2D eigenvalue weighted by Crippen LogP contribution is -2.37. The fourth-order valence-electron chi connectivity index (χ4n) is 2.95. The number of aryl methyl sites for hydroxylation is 1. The summed E-state index contributed by atoms with van der Waals surface area (Å²) in [7, 11) is 0. The van der Waals surface area contributed by atoms with Crippen molar-refractivity contribution in [1.82, 2.24) is 10.6 Å². The first kappa shape index (κ1) is 24.2. The van der Waals surface area contributed by atoms with E-state index >= 15 is 0 Å². The van der Waals surface area contributed by atoms with Crippen molar-refractivity contribution in [3.05, 3.63) is 64.7 Å². The van der Waals surface area contributed by atoms with Gasteiger partial charge in [-0.15, -0.1) is 0 Å². The van der Waals surface area contributed by atoms with E-state index in [1.807, 2.05) is 45.9 Å². The number of hydrogen-bond donors (Lipinski definition) is 2. The van der Waals surface area contributed by atoms with Crippen molar-refractivity contribution in [3.63, 3.8) is 0 Å². The third kappa shape index (κ3) is 7.01. The smallest absolute Gasteiger partial charge is 0.417 e. The molecule has 0 aromatic heterocycles. The topological polar surface area (TPSA) is 67.4 Å². The molecule has 0 aliphatic heterocycles. The molecule has 5 nitrogen and oxygen atoms in total. The summed E-state index contributed by atoms with van der Waals surface area (Å²) in [6.45, 7) is 7.96. The highest BCUT2D eigenvalue weighted by Crippen LogP contribution is 2.32. The molecule has 2 aromatic carbocycles. The summed E-state index contributed by atoms with van der Waals surface area (Å²) in [6, 6.07) is 10.3. The molecule has 2 N–H and O–H groups in total. The maximum atomic E-state index is 13.0. The van der Waals surface area contributed by atoms with Gasteiger partial charge >= 0.3 is 6.18 Å². The molecule has 0 aliphatic rings. The highest BCUT2D eigenvalue weighted by atomic mass is 19.4. The molecular formula is C23H27F3N2O3. The van der Waals surface area contributed by atoms with Gasteiger partial charge in [0.05, 0.1) is 11.1 Å². The van der Waals surface area contributed by atoms with Gasteiger partial charge in [0.15, 0.2) is 6.61 Å². The quantitative estimate of drug-likeness (QED) is 0.638. The van der Waals surface area contributed by atoms with Crippen molar-refractivity contribution in [3.8, 4) is 5.75 Å². The average Bonchev–Trinajstić information content (AvgIpc) is 2.68. The highest BCUT2D eigenvalue weighted by molar-refractivity contribution is 5.95. The molecule has 0 saturated heterocycles. The molecule has 0 unspecified atom stereocenters. The van der Waals surface area contributed by atoms with Gasteiger partial charge in [0.1, 0.15) is 5.75 Å². The van der Waals surface area contributed by atoms with E-state index in [1.54, 1.807) is 0 Å². The first-order valence-electron chi connectivity index (χ1n) is 9.84. The summed E-state index contributed by atoms with van der Waals surface area (Å²) in [5.41, 5.74) is 0.450.